The van der Waals surface area contributed by atoms with Crippen molar-refractivity contribution in [3.8, 4) is 5.75 Å². The highest BCUT2D eigenvalue weighted by molar-refractivity contribution is 7.99. The number of rotatable bonds is 11. The minimum absolute atomic E-state index is 0.105. The van der Waals surface area contributed by atoms with E-state index in [1.54, 1.807) is 24.3 Å². The van der Waals surface area contributed by atoms with Crippen molar-refractivity contribution in [2.75, 3.05) is 12.9 Å². The van der Waals surface area contributed by atoms with E-state index in [2.05, 4.69) is 39.8 Å². The first-order valence-corrected chi connectivity index (χ1v) is 15.5. The average Bonchev–Trinajstić information content (AvgIpc) is 3.85. The molecule has 6 rings (SSSR count). The molecule has 1 aliphatic heterocycles. The lowest BCUT2D eigenvalue weighted by molar-refractivity contribution is -0.130. The summed E-state index contributed by atoms with van der Waals surface area (Å²) in [7, 11) is 1.63. The summed E-state index contributed by atoms with van der Waals surface area (Å²) in [6.07, 6.45) is 2.04. The van der Waals surface area contributed by atoms with Crippen molar-refractivity contribution in [1.29, 1.82) is 0 Å². The molecule has 11 heteroatoms. The Morgan fingerprint density at radius 3 is 2.47 bits per heavy atom. The Bertz CT molecular complexity index is 1780. The van der Waals surface area contributed by atoms with Crippen molar-refractivity contribution in [1.82, 2.24) is 25.1 Å². The standard InChI is InChI=1S/C34H32N6O4S/c1-23-10-12-26(13-11-23)29-19-28(25-14-16-27(43-2)17-15-25)38-40(29)32(41)22-45-34-37-36-31(20-35-33(42)30-9-6-18-44-30)39(34)21-24-7-4-3-5-8-24/h3-18,29H,19-22H2,1-2H3,(H,35,42)/t29-/m0/s1. The number of hydrogen-bond donors (Lipinski definition) is 1. The van der Waals surface area contributed by atoms with Gasteiger partial charge in [-0.05, 0) is 60.0 Å². The topological polar surface area (TPSA) is 115 Å². The molecule has 5 aromatic rings. The highest BCUT2D eigenvalue weighted by Crippen LogP contribution is 2.34. The van der Waals surface area contributed by atoms with Crippen molar-refractivity contribution in [3.63, 3.8) is 0 Å². The molecule has 1 N–H and O–H groups in total. The van der Waals surface area contributed by atoms with Crippen LogP contribution in [0.2, 0.25) is 0 Å². The van der Waals surface area contributed by atoms with Crippen LogP contribution in [0.15, 0.2) is 112 Å². The number of aryl methyl sites for hydroxylation is 1. The summed E-state index contributed by atoms with van der Waals surface area (Å²) in [5.74, 6) is 1.15. The van der Waals surface area contributed by atoms with Crippen LogP contribution in [0.25, 0.3) is 0 Å². The van der Waals surface area contributed by atoms with Crippen LogP contribution >= 0.6 is 11.8 Å². The fraction of sp³-hybridized carbons (Fsp3) is 0.206. The van der Waals surface area contributed by atoms with Crippen LogP contribution in [0, 0.1) is 6.92 Å². The van der Waals surface area contributed by atoms with Gasteiger partial charge in [0.1, 0.15) is 5.75 Å². The van der Waals surface area contributed by atoms with Crippen LogP contribution in [0.3, 0.4) is 0 Å². The van der Waals surface area contributed by atoms with E-state index >= 15 is 0 Å². The van der Waals surface area contributed by atoms with E-state index in [4.69, 9.17) is 14.3 Å². The minimum atomic E-state index is -0.347. The summed E-state index contributed by atoms with van der Waals surface area (Å²) in [5.41, 5.74) is 4.99. The average molecular weight is 621 g/mol. The third kappa shape index (κ3) is 6.99. The maximum Gasteiger partial charge on any atom is 0.287 e. The zero-order valence-electron chi connectivity index (χ0n) is 24.9. The molecule has 2 aromatic heterocycles. The largest absolute Gasteiger partial charge is 0.497 e. The maximum atomic E-state index is 13.8. The quantitative estimate of drug-likeness (QED) is 0.190. The summed E-state index contributed by atoms with van der Waals surface area (Å²) < 4.78 is 12.4. The summed E-state index contributed by atoms with van der Waals surface area (Å²) in [6, 6.07) is 28.9. The van der Waals surface area contributed by atoms with Crippen LogP contribution in [0.5, 0.6) is 5.75 Å². The first kappa shape index (κ1) is 29.9. The van der Waals surface area contributed by atoms with Gasteiger partial charge in [0.25, 0.3) is 11.8 Å². The zero-order valence-corrected chi connectivity index (χ0v) is 25.7. The van der Waals surface area contributed by atoms with E-state index in [1.165, 1.54) is 18.0 Å². The molecule has 0 unspecified atom stereocenters. The molecule has 228 valence electrons. The molecule has 2 amide bonds. The van der Waals surface area contributed by atoms with Crippen molar-refractivity contribution in [2.45, 2.75) is 37.6 Å². The number of hydrazone groups is 1. The van der Waals surface area contributed by atoms with Gasteiger partial charge in [0.2, 0.25) is 0 Å². The Hall–Kier alpha value is -5.16. The van der Waals surface area contributed by atoms with Gasteiger partial charge in [0.05, 0.1) is 44.0 Å². The Morgan fingerprint density at radius 2 is 1.76 bits per heavy atom. The molecule has 1 atom stereocenters. The van der Waals surface area contributed by atoms with Crippen LogP contribution in [0.1, 0.15) is 51.1 Å². The van der Waals surface area contributed by atoms with Gasteiger partial charge in [-0.25, -0.2) is 5.01 Å². The summed E-state index contributed by atoms with van der Waals surface area (Å²) >= 11 is 1.30. The van der Waals surface area contributed by atoms with Gasteiger partial charge in [-0.1, -0.05) is 71.9 Å². The maximum absolute atomic E-state index is 13.8. The number of carbonyl (C=O) groups excluding carboxylic acids is 2. The van der Waals surface area contributed by atoms with Crippen LogP contribution < -0.4 is 10.1 Å². The van der Waals surface area contributed by atoms with Crippen LogP contribution in [-0.2, 0) is 17.9 Å². The number of methoxy groups -OCH3 is 1. The molecule has 3 aromatic carbocycles. The fourth-order valence-corrected chi connectivity index (χ4v) is 5.88. The molecule has 0 spiro atoms. The van der Waals surface area contributed by atoms with E-state index in [-0.39, 0.29) is 35.9 Å². The van der Waals surface area contributed by atoms with Gasteiger partial charge < -0.3 is 19.0 Å². The Morgan fingerprint density at radius 1 is 0.978 bits per heavy atom. The molecule has 0 saturated heterocycles. The third-order valence-electron chi connectivity index (χ3n) is 7.50. The first-order chi connectivity index (χ1) is 22.0. The van der Waals surface area contributed by atoms with Crippen molar-refractivity contribution in [3.05, 3.63) is 131 Å². The number of hydrogen-bond acceptors (Lipinski definition) is 8. The molecule has 0 bridgehead atoms. The molecule has 10 nitrogen and oxygen atoms in total. The molecule has 0 saturated carbocycles. The lowest BCUT2D eigenvalue weighted by Gasteiger charge is -2.22. The Labute approximate surface area is 265 Å². The van der Waals surface area contributed by atoms with Gasteiger partial charge in [0.15, 0.2) is 16.7 Å². The number of amides is 2. The predicted octanol–water partition coefficient (Wildman–Crippen LogP) is 5.64. The van der Waals surface area contributed by atoms with E-state index < -0.39 is 0 Å². The molecular formula is C34H32N6O4S. The van der Waals surface area contributed by atoms with Crippen molar-refractivity contribution < 1.29 is 18.7 Å². The normalized spacial score (nSPS) is 14.3. The van der Waals surface area contributed by atoms with Crippen molar-refractivity contribution >= 4 is 29.3 Å². The molecule has 0 radical (unpaired) electrons. The number of thioether (sulfide) groups is 1. The SMILES string of the molecule is COc1ccc(C2=NN(C(=O)CSc3nnc(CNC(=O)c4ccco4)n3Cc3ccccc3)[C@H](c3ccc(C)cc3)C2)cc1. The highest BCUT2D eigenvalue weighted by atomic mass is 32.2. The smallest absolute Gasteiger partial charge is 0.287 e. The van der Waals surface area contributed by atoms with E-state index in [0.717, 1.165) is 33.7 Å². The Balaban J connectivity index is 1.22. The summed E-state index contributed by atoms with van der Waals surface area (Å²) in [5, 5.41) is 18.6. The number of aromatic nitrogens is 3. The molecule has 45 heavy (non-hydrogen) atoms. The lowest BCUT2D eigenvalue weighted by Crippen LogP contribution is -2.28. The van der Waals surface area contributed by atoms with Gasteiger partial charge in [-0.15, -0.1) is 10.2 Å². The summed E-state index contributed by atoms with van der Waals surface area (Å²) in [6.45, 7) is 2.66. The fourth-order valence-electron chi connectivity index (χ4n) is 5.07. The molecular weight excluding hydrogens is 588 g/mol. The van der Waals surface area contributed by atoms with Gasteiger partial charge in [-0.2, -0.15) is 5.10 Å². The molecule has 3 heterocycles. The van der Waals surface area contributed by atoms with Gasteiger partial charge in [0, 0.05) is 6.42 Å². The van der Waals surface area contributed by atoms with Crippen LogP contribution in [-0.4, -0.2) is 50.2 Å². The number of benzene rings is 3. The highest BCUT2D eigenvalue weighted by Gasteiger charge is 2.33. The van der Waals surface area contributed by atoms with E-state index in [9.17, 15) is 9.59 Å². The second kappa shape index (κ2) is 13.6. The Kier molecular flexibility index (Phi) is 9.06. The zero-order chi connectivity index (χ0) is 31.2. The van der Waals surface area contributed by atoms with Gasteiger partial charge >= 0.3 is 0 Å². The molecule has 0 fully saturated rings. The van der Waals surface area contributed by atoms with Crippen molar-refractivity contribution in [2.24, 2.45) is 5.10 Å². The first-order valence-electron chi connectivity index (χ1n) is 14.5. The van der Waals surface area contributed by atoms with E-state index in [1.807, 2.05) is 66.1 Å². The number of nitrogens with zero attached hydrogens (tertiary/aromatic N) is 5. The molecule has 0 aliphatic carbocycles. The number of furan rings is 1. The monoisotopic (exact) mass is 620 g/mol. The number of ether oxygens (including phenoxy) is 1. The molecule has 1 aliphatic rings. The second-order valence-corrected chi connectivity index (χ2v) is 11.5. The predicted molar refractivity (Wildman–Crippen MR) is 171 cm³/mol. The second-order valence-electron chi connectivity index (χ2n) is 10.6. The summed E-state index contributed by atoms with van der Waals surface area (Å²) in [4.78, 5) is 26.3. The minimum Gasteiger partial charge on any atom is -0.497 e. The third-order valence-corrected chi connectivity index (χ3v) is 8.46. The van der Waals surface area contributed by atoms with Crippen LogP contribution in [0.4, 0.5) is 0 Å². The number of carbonyl (C=O) groups is 2. The van der Waals surface area contributed by atoms with Gasteiger partial charge in [-0.3, -0.25) is 9.59 Å². The lowest BCUT2D eigenvalue weighted by atomic mass is 9.97. The number of nitrogens with one attached hydrogen (secondary N) is 1. The van der Waals surface area contributed by atoms with E-state index in [0.29, 0.717) is 23.9 Å².